The number of nitrogens with two attached hydrogens (primary N) is 1. The molecule has 96 valence electrons. The Morgan fingerprint density at radius 2 is 2.29 bits per heavy atom. The summed E-state index contributed by atoms with van der Waals surface area (Å²) in [4.78, 5) is 11.1. The SMILES string of the molecule is CCc1cc(CC(CCN)C(=O)O)n(CC)n1. The van der Waals surface area contributed by atoms with Crippen molar-refractivity contribution in [2.24, 2.45) is 11.7 Å². The highest BCUT2D eigenvalue weighted by atomic mass is 16.4. The second kappa shape index (κ2) is 6.39. The van der Waals surface area contributed by atoms with Gasteiger partial charge in [-0.3, -0.25) is 9.48 Å². The van der Waals surface area contributed by atoms with Crippen LogP contribution in [0.5, 0.6) is 0 Å². The molecule has 1 unspecified atom stereocenters. The van der Waals surface area contributed by atoms with Crippen LogP contribution >= 0.6 is 0 Å². The van der Waals surface area contributed by atoms with E-state index in [0.717, 1.165) is 24.4 Å². The largest absolute Gasteiger partial charge is 0.481 e. The van der Waals surface area contributed by atoms with Gasteiger partial charge in [-0.25, -0.2) is 0 Å². The van der Waals surface area contributed by atoms with E-state index in [9.17, 15) is 4.79 Å². The van der Waals surface area contributed by atoms with Gasteiger partial charge in [0.15, 0.2) is 0 Å². The van der Waals surface area contributed by atoms with Crippen LogP contribution in [0.15, 0.2) is 6.07 Å². The lowest BCUT2D eigenvalue weighted by Gasteiger charge is -2.11. The first kappa shape index (κ1) is 13.7. The molecule has 3 N–H and O–H groups in total. The van der Waals surface area contributed by atoms with Crippen molar-refractivity contribution in [1.29, 1.82) is 0 Å². The van der Waals surface area contributed by atoms with Crippen LogP contribution in [0.1, 0.15) is 31.7 Å². The van der Waals surface area contributed by atoms with Crippen LogP contribution in [-0.4, -0.2) is 27.4 Å². The fourth-order valence-corrected chi connectivity index (χ4v) is 1.89. The quantitative estimate of drug-likeness (QED) is 0.745. The van der Waals surface area contributed by atoms with Crippen molar-refractivity contribution >= 4 is 5.97 Å². The summed E-state index contributed by atoms with van der Waals surface area (Å²) in [5.41, 5.74) is 7.44. The molecule has 0 spiro atoms. The van der Waals surface area contributed by atoms with Crippen molar-refractivity contribution in [3.63, 3.8) is 0 Å². The molecule has 0 radical (unpaired) electrons. The van der Waals surface area contributed by atoms with Crippen LogP contribution < -0.4 is 5.73 Å². The smallest absolute Gasteiger partial charge is 0.306 e. The first-order valence-corrected chi connectivity index (χ1v) is 6.10. The van der Waals surface area contributed by atoms with Gasteiger partial charge < -0.3 is 10.8 Å². The van der Waals surface area contributed by atoms with E-state index in [1.165, 1.54) is 0 Å². The molecule has 0 aliphatic rings. The van der Waals surface area contributed by atoms with Crippen LogP contribution in [0.3, 0.4) is 0 Å². The molecule has 0 fully saturated rings. The number of aryl methyl sites for hydroxylation is 2. The molecule has 1 aromatic heterocycles. The predicted molar refractivity (Wildman–Crippen MR) is 65.8 cm³/mol. The molecule has 0 amide bonds. The molecule has 0 aromatic carbocycles. The fourth-order valence-electron chi connectivity index (χ4n) is 1.89. The summed E-state index contributed by atoms with van der Waals surface area (Å²) in [6.07, 6.45) is 1.88. The summed E-state index contributed by atoms with van der Waals surface area (Å²) in [6, 6.07) is 2.00. The van der Waals surface area contributed by atoms with Crippen molar-refractivity contribution in [2.75, 3.05) is 6.54 Å². The summed E-state index contributed by atoms with van der Waals surface area (Å²) in [5, 5.41) is 13.5. The molecule has 0 saturated heterocycles. The number of nitrogens with zero attached hydrogens (tertiary/aromatic N) is 2. The molecule has 1 heterocycles. The molecule has 5 nitrogen and oxygen atoms in total. The minimum Gasteiger partial charge on any atom is -0.481 e. The standard InChI is InChI=1S/C12H21N3O2/c1-3-10-8-11(15(4-2)14-10)7-9(5-6-13)12(16)17/h8-9H,3-7,13H2,1-2H3,(H,16,17). The maximum absolute atomic E-state index is 11.1. The lowest BCUT2D eigenvalue weighted by atomic mass is 9.99. The Balaban J connectivity index is 2.83. The molecule has 1 aromatic rings. The molecule has 0 aliphatic carbocycles. The summed E-state index contributed by atoms with van der Waals surface area (Å²) in [5.74, 6) is -1.19. The number of carboxylic acids is 1. The van der Waals surface area contributed by atoms with Crippen molar-refractivity contribution < 1.29 is 9.90 Å². The average Bonchev–Trinajstić information content (AvgIpc) is 2.70. The van der Waals surface area contributed by atoms with Gasteiger partial charge in [0.05, 0.1) is 11.6 Å². The molecule has 17 heavy (non-hydrogen) atoms. The molecule has 0 saturated carbocycles. The van der Waals surface area contributed by atoms with Gasteiger partial charge in [0, 0.05) is 18.7 Å². The van der Waals surface area contributed by atoms with Crippen molar-refractivity contribution in [2.45, 2.75) is 39.7 Å². The maximum atomic E-state index is 11.1. The Morgan fingerprint density at radius 3 is 2.76 bits per heavy atom. The second-order valence-electron chi connectivity index (χ2n) is 4.11. The van der Waals surface area contributed by atoms with Crippen molar-refractivity contribution in [3.8, 4) is 0 Å². The van der Waals surface area contributed by atoms with Crippen molar-refractivity contribution in [3.05, 3.63) is 17.5 Å². The number of hydrogen-bond donors (Lipinski definition) is 2. The molecular weight excluding hydrogens is 218 g/mol. The maximum Gasteiger partial charge on any atom is 0.306 e. The van der Waals surface area contributed by atoms with Gasteiger partial charge in [0.2, 0.25) is 0 Å². The third-order valence-electron chi connectivity index (χ3n) is 2.90. The second-order valence-corrected chi connectivity index (χ2v) is 4.11. The van der Waals surface area contributed by atoms with Gasteiger partial charge >= 0.3 is 5.97 Å². The summed E-state index contributed by atoms with van der Waals surface area (Å²) in [7, 11) is 0. The van der Waals surface area contributed by atoms with Gasteiger partial charge in [-0.05, 0) is 32.4 Å². The van der Waals surface area contributed by atoms with Crippen molar-refractivity contribution in [1.82, 2.24) is 9.78 Å². The van der Waals surface area contributed by atoms with Crippen LogP contribution in [0, 0.1) is 5.92 Å². The van der Waals surface area contributed by atoms with E-state index >= 15 is 0 Å². The minimum absolute atomic E-state index is 0.401. The summed E-state index contributed by atoms with van der Waals surface area (Å²) in [6.45, 7) is 5.22. The number of carboxylic acid groups (broad SMARTS) is 1. The Hall–Kier alpha value is -1.36. The van der Waals surface area contributed by atoms with Gasteiger partial charge in [-0.15, -0.1) is 0 Å². The Bertz CT molecular complexity index is 374. The summed E-state index contributed by atoms with van der Waals surface area (Å²) >= 11 is 0. The van der Waals surface area contributed by atoms with E-state index in [2.05, 4.69) is 5.10 Å². The zero-order valence-electron chi connectivity index (χ0n) is 10.5. The fraction of sp³-hybridized carbons (Fsp3) is 0.667. The zero-order valence-corrected chi connectivity index (χ0v) is 10.5. The van der Waals surface area contributed by atoms with Gasteiger partial charge in [0.1, 0.15) is 0 Å². The van der Waals surface area contributed by atoms with E-state index < -0.39 is 11.9 Å². The van der Waals surface area contributed by atoms with Crippen LogP contribution in [0.2, 0.25) is 0 Å². The minimum atomic E-state index is -0.780. The first-order valence-electron chi connectivity index (χ1n) is 6.10. The molecule has 5 heteroatoms. The highest BCUT2D eigenvalue weighted by Gasteiger charge is 2.19. The van der Waals surface area contributed by atoms with Gasteiger partial charge in [-0.2, -0.15) is 5.10 Å². The third-order valence-corrected chi connectivity index (χ3v) is 2.90. The van der Waals surface area contributed by atoms with E-state index in [1.54, 1.807) is 0 Å². The number of rotatable bonds is 7. The predicted octanol–water partition coefficient (Wildman–Crippen LogP) is 1.06. The van der Waals surface area contributed by atoms with E-state index in [1.807, 2.05) is 24.6 Å². The average molecular weight is 239 g/mol. The molecule has 1 atom stereocenters. The molecule has 1 rings (SSSR count). The monoisotopic (exact) mass is 239 g/mol. The normalized spacial score (nSPS) is 12.6. The summed E-state index contributed by atoms with van der Waals surface area (Å²) < 4.78 is 1.88. The van der Waals surface area contributed by atoms with E-state index in [-0.39, 0.29) is 0 Å². The number of carbonyl (C=O) groups is 1. The highest BCUT2D eigenvalue weighted by molar-refractivity contribution is 5.70. The molecule has 0 aliphatic heterocycles. The Kier molecular flexibility index (Phi) is 5.15. The first-order chi connectivity index (χ1) is 8.12. The zero-order chi connectivity index (χ0) is 12.8. The highest BCUT2D eigenvalue weighted by Crippen LogP contribution is 2.14. The Morgan fingerprint density at radius 1 is 1.59 bits per heavy atom. The third kappa shape index (κ3) is 3.56. The molecule has 0 bridgehead atoms. The van der Waals surface area contributed by atoms with Gasteiger partial charge in [0.25, 0.3) is 0 Å². The number of aliphatic carboxylic acids is 1. The lowest BCUT2D eigenvalue weighted by Crippen LogP contribution is -2.21. The van der Waals surface area contributed by atoms with Gasteiger partial charge in [-0.1, -0.05) is 6.92 Å². The number of aromatic nitrogens is 2. The van der Waals surface area contributed by atoms with E-state index in [0.29, 0.717) is 19.4 Å². The Labute approximate surface area is 102 Å². The molecular formula is C12H21N3O2. The van der Waals surface area contributed by atoms with Crippen LogP contribution in [-0.2, 0) is 24.2 Å². The number of hydrogen-bond acceptors (Lipinski definition) is 3. The van der Waals surface area contributed by atoms with Crippen LogP contribution in [0.4, 0.5) is 0 Å². The van der Waals surface area contributed by atoms with Crippen LogP contribution in [0.25, 0.3) is 0 Å². The topological polar surface area (TPSA) is 81.1 Å². The van der Waals surface area contributed by atoms with E-state index in [4.69, 9.17) is 10.8 Å². The lowest BCUT2D eigenvalue weighted by molar-refractivity contribution is -0.141.